The summed E-state index contributed by atoms with van der Waals surface area (Å²) in [4.78, 5) is 0. The molecule has 2 heteroatoms. The number of rotatable bonds is 5. The summed E-state index contributed by atoms with van der Waals surface area (Å²) in [6.45, 7) is 5.17. The molecule has 72 valence electrons. The van der Waals surface area contributed by atoms with Gasteiger partial charge in [-0.3, -0.25) is 0 Å². The van der Waals surface area contributed by atoms with Gasteiger partial charge in [0.1, 0.15) is 0 Å². The van der Waals surface area contributed by atoms with Gasteiger partial charge in [0.05, 0.1) is 0 Å². The van der Waals surface area contributed by atoms with E-state index in [0.29, 0.717) is 6.54 Å². The van der Waals surface area contributed by atoms with Gasteiger partial charge in [-0.1, -0.05) is 13.8 Å². The van der Waals surface area contributed by atoms with Gasteiger partial charge in [-0.2, -0.15) is 0 Å². The first-order chi connectivity index (χ1) is 5.61. The highest BCUT2D eigenvalue weighted by Gasteiger charge is 2.33. The molecule has 3 N–H and O–H groups in total. The third-order valence-electron chi connectivity index (χ3n) is 3.12. The molecule has 1 fully saturated rings. The molecule has 0 aromatic rings. The van der Waals surface area contributed by atoms with Crippen LogP contribution >= 0.6 is 0 Å². The van der Waals surface area contributed by atoms with Gasteiger partial charge in [0.2, 0.25) is 0 Å². The fourth-order valence-electron chi connectivity index (χ4n) is 1.82. The summed E-state index contributed by atoms with van der Waals surface area (Å²) >= 11 is 0. The summed E-state index contributed by atoms with van der Waals surface area (Å²) in [6, 6.07) is 0. The molecule has 0 aromatic heterocycles. The molecule has 0 aliphatic heterocycles. The molecule has 0 spiro atoms. The largest absolute Gasteiger partial charge is 0.396 e. The zero-order chi connectivity index (χ0) is 9.19. The zero-order valence-electron chi connectivity index (χ0n) is 8.21. The average molecular weight is 171 g/mol. The van der Waals surface area contributed by atoms with Crippen LogP contribution in [0.25, 0.3) is 0 Å². The third kappa shape index (κ3) is 2.46. The Balaban J connectivity index is 2.34. The molecule has 2 atom stereocenters. The standard InChI is InChI=1S/C10H21NO/c1-8(9-3-4-9)5-10(2,6-11)7-12/h8-9,12H,3-7,11H2,1-2H3. The Hall–Kier alpha value is -0.0800. The highest BCUT2D eigenvalue weighted by atomic mass is 16.3. The Bertz CT molecular complexity index is 139. The second-order valence-electron chi connectivity index (χ2n) is 4.69. The van der Waals surface area contributed by atoms with Gasteiger partial charge in [0, 0.05) is 12.0 Å². The summed E-state index contributed by atoms with van der Waals surface area (Å²) in [5.74, 6) is 1.66. The van der Waals surface area contributed by atoms with E-state index in [-0.39, 0.29) is 12.0 Å². The Kier molecular flexibility index (Phi) is 3.13. The topological polar surface area (TPSA) is 46.2 Å². The molecule has 1 saturated carbocycles. The van der Waals surface area contributed by atoms with E-state index in [4.69, 9.17) is 10.8 Å². The quantitative estimate of drug-likeness (QED) is 0.656. The predicted octanol–water partition coefficient (Wildman–Crippen LogP) is 1.38. The zero-order valence-corrected chi connectivity index (χ0v) is 8.21. The second-order valence-corrected chi connectivity index (χ2v) is 4.69. The lowest BCUT2D eigenvalue weighted by atomic mass is 9.80. The first kappa shape index (κ1) is 10.0. The van der Waals surface area contributed by atoms with Gasteiger partial charge in [-0.15, -0.1) is 0 Å². The van der Waals surface area contributed by atoms with Crippen LogP contribution in [0.4, 0.5) is 0 Å². The highest BCUT2D eigenvalue weighted by molar-refractivity contribution is 4.84. The Morgan fingerprint density at radius 2 is 2.17 bits per heavy atom. The maximum Gasteiger partial charge on any atom is 0.0496 e. The van der Waals surface area contributed by atoms with E-state index in [0.717, 1.165) is 18.3 Å². The number of aliphatic hydroxyl groups is 1. The fraction of sp³-hybridized carbons (Fsp3) is 1.00. The fourth-order valence-corrected chi connectivity index (χ4v) is 1.82. The van der Waals surface area contributed by atoms with Gasteiger partial charge in [-0.05, 0) is 37.6 Å². The lowest BCUT2D eigenvalue weighted by Gasteiger charge is -2.28. The molecule has 2 unspecified atom stereocenters. The maximum absolute atomic E-state index is 9.16. The highest BCUT2D eigenvalue weighted by Crippen LogP contribution is 2.41. The SMILES string of the molecule is CC(CC(C)(CN)CO)C1CC1. The van der Waals surface area contributed by atoms with Gasteiger partial charge in [-0.25, -0.2) is 0 Å². The molecule has 1 aliphatic carbocycles. The Morgan fingerprint density at radius 3 is 2.50 bits per heavy atom. The third-order valence-corrected chi connectivity index (χ3v) is 3.12. The van der Waals surface area contributed by atoms with Crippen LogP contribution in [-0.2, 0) is 0 Å². The van der Waals surface area contributed by atoms with E-state index >= 15 is 0 Å². The minimum absolute atomic E-state index is 0.0397. The predicted molar refractivity (Wildman–Crippen MR) is 50.8 cm³/mol. The maximum atomic E-state index is 9.16. The molecule has 0 heterocycles. The average Bonchev–Trinajstić information content (AvgIpc) is 2.86. The van der Waals surface area contributed by atoms with Crippen molar-refractivity contribution in [3.8, 4) is 0 Å². The molecule has 0 radical (unpaired) electrons. The van der Waals surface area contributed by atoms with Crippen molar-refractivity contribution in [3.63, 3.8) is 0 Å². The molecule has 12 heavy (non-hydrogen) atoms. The Labute approximate surface area is 75.2 Å². The first-order valence-electron chi connectivity index (χ1n) is 4.92. The van der Waals surface area contributed by atoms with Crippen molar-refractivity contribution in [2.75, 3.05) is 13.2 Å². The summed E-state index contributed by atoms with van der Waals surface area (Å²) in [5.41, 5.74) is 5.59. The van der Waals surface area contributed by atoms with Crippen molar-refractivity contribution in [1.82, 2.24) is 0 Å². The second kappa shape index (κ2) is 3.75. The molecule has 0 aromatic carbocycles. The van der Waals surface area contributed by atoms with E-state index in [1.165, 1.54) is 12.8 Å². The molecular formula is C10H21NO. The summed E-state index contributed by atoms with van der Waals surface area (Å²) < 4.78 is 0. The van der Waals surface area contributed by atoms with Crippen LogP contribution < -0.4 is 5.73 Å². The number of aliphatic hydroxyl groups excluding tert-OH is 1. The molecule has 0 bridgehead atoms. The van der Waals surface area contributed by atoms with Crippen molar-refractivity contribution < 1.29 is 5.11 Å². The smallest absolute Gasteiger partial charge is 0.0496 e. The van der Waals surface area contributed by atoms with E-state index in [9.17, 15) is 0 Å². The summed E-state index contributed by atoms with van der Waals surface area (Å²) in [7, 11) is 0. The lowest BCUT2D eigenvalue weighted by molar-refractivity contribution is 0.118. The molecule has 0 amide bonds. The van der Waals surface area contributed by atoms with Crippen molar-refractivity contribution in [3.05, 3.63) is 0 Å². The van der Waals surface area contributed by atoms with E-state index in [1.54, 1.807) is 0 Å². The van der Waals surface area contributed by atoms with Gasteiger partial charge < -0.3 is 10.8 Å². The van der Waals surface area contributed by atoms with E-state index in [2.05, 4.69) is 13.8 Å². The number of hydrogen-bond donors (Lipinski definition) is 2. The minimum Gasteiger partial charge on any atom is -0.396 e. The normalized spacial score (nSPS) is 25.0. The lowest BCUT2D eigenvalue weighted by Crippen LogP contribution is -2.33. The van der Waals surface area contributed by atoms with Crippen molar-refractivity contribution in [2.45, 2.75) is 33.1 Å². The van der Waals surface area contributed by atoms with Crippen LogP contribution in [0.5, 0.6) is 0 Å². The van der Waals surface area contributed by atoms with E-state index < -0.39 is 0 Å². The van der Waals surface area contributed by atoms with Crippen LogP contribution in [0.1, 0.15) is 33.1 Å². The van der Waals surface area contributed by atoms with Gasteiger partial charge in [0.15, 0.2) is 0 Å². The number of hydrogen-bond acceptors (Lipinski definition) is 2. The van der Waals surface area contributed by atoms with E-state index in [1.807, 2.05) is 0 Å². The van der Waals surface area contributed by atoms with Crippen molar-refractivity contribution >= 4 is 0 Å². The molecule has 1 aliphatic rings. The van der Waals surface area contributed by atoms with Crippen molar-refractivity contribution in [1.29, 1.82) is 0 Å². The molecule has 0 saturated heterocycles. The van der Waals surface area contributed by atoms with Crippen molar-refractivity contribution in [2.24, 2.45) is 23.0 Å². The summed E-state index contributed by atoms with van der Waals surface area (Å²) in [5, 5.41) is 9.16. The van der Waals surface area contributed by atoms with Crippen LogP contribution in [0.15, 0.2) is 0 Å². The monoisotopic (exact) mass is 171 g/mol. The van der Waals surface area contributed by atoms with Crippen LogP contribution in [0.3, 0.4) is 0 Å². The number of nitrogens with two attached hydrogens (primary N) is 1. The van der Waals surface area contributed by atoms with Gasteiger partial charge >= 0.3 is 0 Å². The molecular weight excluding hydrogens is 150 g/mol. The Morgan fingerprint density at radius 1 is 1.58 bits per heavy atom. The molecule has 2 nitrogen and oxygen atoms in total. The van der Waals surface area contributed by atoms with Crippen LogP contribution in [0, 0.1) is 17.3 Å². The minimum atomic E-state index is -0.0397. The molecule has 1 rings (SSSR count). The summed E-state index contributed by atoms with van der Waals surface area (Å²) in [6.07, 6.45) is 3.84. The van der Waals surface area contributed by atoms with Crippen LogP contribution in [0.2, 0.25) is 0 Å². The van der Waals surface area contributed by atoms with Gasteiger partial charge in [0.25, 0.3) is 0 Å². The van der Waals surface area contributed by atoms with Crippen LogP contribution in [-0.4, -0.2) is 18.3 Å². The first-order valence-corrected chi connectivity index (χ1v) is 4.92.